The van der Waals surface area contributed by atoms with Gasteiger partial charge in [0.1, 0.15) is 0 Å². The Morgan fingerprint density at radius 3 is 2.60 bits per heavy atom. The molecule has 0 spiro atoms. The van der Waals surface area contributed by atoms with Crippen LogP contribution in [0.5, 0.6) is 0 Å². The third-order valence-electron chi connectivity index (χ3n) is 4.62. The van der Waals surface area contributed by atoms with Gasteiger partial charge >= 0.3 is 0 Å². The monoisotopic (exact) mass is 362 g/mol. The zero-order chi connectivity index (χ0) is 16.9. The topological polar surface area (TPSA) is 50.2 Å². The van der Waals surface area contributed by atoms with Gasteiger partial charge in [0, 0.05) is 18.8 Å². The smallest absolute Gasteiger partial charge is 0.257 e. The van der Waals surface area contributed by atoms with Crippen LogP contribution >= 0.6 is 12.4 Å². The Hall–Kier alpha value is -1.85. The Kier molecular flexibility index (Phi) is 7.02. The number of rotatable bonds is 5. The molecule has 1 fully saturated rings. The van der Waals surface area contributed by atoms with Crippen molar-refractivity contribution in [2.75, 3.05) is 19.6 Å². The Balaban J connectivity index is 0.00000225. The summed E-state index contributed by atoms with van der Waals surface area (Å²) < 4.78 is 1.80. The van der Waals surface area contributed by atoms with Crippen molar-refractivity contribution in [1.29, 1.82) is 0 Å². The number of piperidine rings is 1. The average molecular weight is 363 g/mol. The van der Waals surface area contributed by atoms with Crippen LogP contribution in [0.4, 0.5) is 0 Å². The fourth-order valence-corrected chi connectivity index (χ4v) is 3.35. The SMILES string of the molecule is CCCN(C(=O)c1cn(-c2ccccc2)nc1C)C1CCNCC1.Cl. The lowest BCUT2D eigenvalue weighted by atomic mass is 10.0. The minimum Gasteiger partial charge on any atom is -0.335 e. The number of amides is 1. The summed E-state index contributed by atoms with van der Waals surface area (Å²) in [6.07, 6.45) is 4.90. The number of hydrogen-bond donors (Lipinski definition) is 1. The molecule has 6 heteroatoms. The highest BCUT2D eigenvalue weighted by molar-refractivity contribution is 5.95. The molecule has 0 aliphatic carbocycles. The summed E-state index contributed by atoms with van der Waals surface area (Å²) in [5.74, 6) is 0.114. The molecule has 0 saturated carbocycles. The van der Waals surface area contributed by atoms with Gasteiger partial charge < -0.3 is 10.2 Å². The summed E-state index contributed by atoms with van der Waals surface area (Å²) in [4.78, 5) is 15.2. The molecule has 1 N–H and O–H groups in total. The van der Waals surface area contributed by atoms with E-state index in [-0.39, 0.29) is 18.3 Å². The summed E-state index contributed by atoms with van der Waals surface area (Å²) >= 11 is 0. The van der Waals surface area contributed by atoms with Crippen molar-refractivity contribution in [3.8, 4) is 5.69 Å². The molecule has 1 amide bonds. The number of nitrogens with one attached hydrogen (secondary N) is 1. The van der Waals surface area contributed by atoms with E-state index < -0.39 is 0 Å². The molecule has 0 atom stereocenters. The second kappa shape index (κ2) is 9.02. The van der Waals surface area contributed by atoms with E-state index >= 15 is 0 Å². The quantitative estimate of drug-likeness (QED) is 0.888. The van der Waals surface area contributed by atoms with Crippen LogP contribution in [0.3, 0.4) is 0 Å². The molecule has 2 aromatic rings. The fourth-order valence-electron chi connectivity index (χ4n) is 3.35. The third kappa shape index (κ3) is 4.41. The highest BCUT2D eigenvalue weighted by Crippen LogP contribution is 2.19. The summed E-state index contributed by atoms with van der Waals surface area (Å²) in [5, 5.41) is 7.92. The Morgan fingerprint density at radius 2 is 1.96 bits per heavy atom. The average Bonchev–Trinajstić information content (AvgIpc) is 3.02. The van der Waals surface area contributed by atoms with Crippen LogP contribution in [-0.4, -0.2) is 46.3 Å². The number of aromatic nitrogens is 2. The number of aryl methyl sites for hydroxylation is 1. The summed E-state index contributed by atoms with van der Waals surface area (Å²) in [6, 6.07) is 10.3. The van der Waals surface area contributed by atoms with Gasteiger partial charge in [0.25, 0.3) is 5.91 Å². The van der Waals surface area contributed by atoms with Gasteiger partial charge in [0.15, 0.2) is 0 Å². The number of carbonyl (C=O) groups excluding carboxylic acids is 1. The van der Waals surface area contributed by atoms with Gasteiger partial charge in [-0.3, -0.25) is 4.79 Å². The number of para-hydroxylation sites is 1. The molecule has 1 saturated heterocycles. The molecule has 1 aromatic carbocycles. The van der Waals surface area contributed by atoms with E-state index in [1.807, 2.05) is 43.5 Å². The van der Waals surface area contributed by atoms with Crippen LogP contribution in [0.1, 0.15) is 42.2 Å². The van der Waals surface area contributed by atoms with Crippen molar-refractivity contribution in [1.82, 2.24) is 20.0 Å². The van der Waals surface area contributed by atoms with Crippen molar-refractivity contribution in [3.63, 3.8) is 0 Å². The third-order valence-corrected chi connectivity index (χ3v) is 4.62. The first-order valence-corrected chi connectivity index (χ1v) is 8.84. The van der Waals surface area contributed by atoms with Crippen molar-refractivity contribution in [2.45, 2.75) is 39.2 Å². The molecule has 0 bridgehead atoms. The molecular formula is C19H27ClN4O. The second-order valence-corrected chi connectivity index (χ2v) is 6.39. The van der Waals surface area contributed by atoms with Crippen molar-refractivity contribution in [3.05, 3.63) is 47.8 Å². The number of halogens is 1. The van der Waals surface area contributed by atoms with E-state index in [0.717, 1.165) is 50.3 Å². The van der Waals surface area contributed by atoms with E-state index in [1.165, 1.54) is 0 Å². The Bertz CT molecular complexity index is 680. The normalized spacial score (nSPS) is 14.8. The van der Waals surface area contributed by atoms with E-state index in [1.54, 1.807) is 4.68 Å². The Morgan fingerprint density at radius 1 is 1.28 bits per heavy atom. The molecule has 3 rings (SSSR count). The number of carbonyl (C=O) groups is 1. The minimum absolute atomic E-state index is 0. The molecule has 25 heavy (non-hydrogen) atoms. The van der Waals surface area contributed by atoms with Gasteiger partial charge in [-0.1, -0.05) is 25.1 Å². The van der Waals surface area contributed by atoms with Gasteiger partial charge in [0.2, 0.25) is 0 Å². The van der Waals surface area contributed by atoms with E-state index in [2.05, 4.69) is 22.2 Å². The highest BCUT2D eigenvalue weighted by Gasteiger charge is 2.27. The van der Waals surface area contributed by atoms with E-state index in [4.69, 9.17) is 0 Å². The predicted molar refractivity (Wildman–Crippen MR) is 103 cm³/mol. The number of nitrogens with zero attached hydrogens (tertiary/aromatic N) is 3. The van der Waals surface area contributed by atoms with Gasteiger partial charge in [-0.05, 0) is 51.4 Å². The molecule has 1 aliphatic rings. The van der Waals surface area contributed by atoms with Gasteiger partial charge in [-0.25, -0.2) is 4.68 Å². The van der Waals surface area contributed by atoms with Crippen LogP contribution in [0.15, 0.2) is 36.5 Å². The molecule has 2 heterocycles. The van der Waals surface area contributed by atoms with Crippen LogP contribution in [0.2, 0.25) is 0 Å². The van der Waals surface area contributed by atoms with Crippen LogP contribution in [0.25, 0.3) is 5.69 Å². The van der Waals surface area contributed by atoms with Crippen LogP contribution < -0.4 is 5.32 Å². The zero-order valence-corrected chi connectivity index (χ0v) is 15.8. The first-order valence-electron chi connectivity index (χ1n) is 8.84. The second-order valence-electron chi connectivity index (χ2n) is 6.39. The van der Waals surface area contributed by atoms with Gasteiger partial charge in [-0.2, -0.15) is 5.10 Å². The molecule has 1 aliphatic heterocycles. The highest BCUT2D eigenvalue weighted by atomic mass is 35.5. The standard InChI is InChI=1S/C19H26N4O.ClH/c1-3-13-22(16-9-11-20-12-10-16)19(24)18-14-23(21-15(18)2)17-7-5-4-6-8-17;/h4-8,14,16,20H,3,9-13H2,1-2H3;1H. The zero-order valence-electron chi connectivity index (χ0n) is 14.9. The largest absolute Gasteiger partial charge is 0.335 e. The lowest BCUT2D eigenvalue weighted by Crippen LogP contribution is -2.46. The minimum atomic E-state index is 0. The maximum Gasteiger partial charge on any atom is 0.257 e. The summed E-state index contributed by atoms with van der Waals surface area (Å²) in [5.41, 5.74) is 2.48. The molecule has 1 aromatic heterocycles. The van der Waals surface area contributed by atoms with Crippen LogP contribution in [0, 0.1) is 6.92 Å². The molecule has 136 valence electrons. The molecule has 0 radical (unpaired) electrons. The summed E-state index contributed by atoms with van der Waals surface area (Å²) in [6.45, 7) is 6.82. The molecular weight excluding hydrogens is 336 g/mol. The molecule has 5 nitrogen and oxygen atoms in total. The Labute approximate surface area is 155 Å². The van der Waals surface area contributed by atoms with Crippen molar-refractivity contribution >= 4 is 18.3 Å². The van der Waals surface area contributed by atoms with E-state index in [9.17, 15) is 4.79 Å². The maximum absolute atomic E-state index is 13.2. The predicted octanol–water partition coefficient (Wildman–Crippen LogP) is 3.21. The van der Waals surface area contributed by atoms with Gasteiger partial charge in [0.05, 0.1) is 16.9 Å². The van der Waals surface area contributed by atoms with Gasteiger partial charge in [-0.15, -0.1) is 12.4 Å². The fraction of sp³-hybridized carbons (Fsp3) is 0.474. The van der Waals surface area contributed by atoms with E-state index in [0.29, 0.717) is 11.6 Å². The van der Waals surface area contributed by atoms with Crippen LogP contribution in [-0.2, 0) is 0 Å². The number of benzene rings is 1. The number of hydrogen-bond acceptors (Lipinski definition) is 3. The summed E-state index contributed by atoms with van der Waals surface area (Å²) in [7, 11) is 0. The lowest BCUT2D eigenvalue weighted by molar-refractivity contribution is 0.0642. The first kappa shape index (κ1) is 19.5. The van der Waals surface area contributed by atoms with Crippen molar-refractivity contribution < 1.29 is 4.79 Å². The molecule has 0 unspecified atom stereocenters. The first-order chi connectivity index (χ1) is 11.7. The maximum atomic E-state index is 13.2. The lowest BCUT2D eigenvalue weighted by Gasteiger charge is -2.34. The van der Waals surface area contributed by atoms with Crippen molar-refractivity contribution in [2.24, 2.45) is 0 Å².